The molecule has 28 heavy (non-hydrogen) atoms. The zero-order valence-corrected chi connectivity index (χ0v) is 16.6. The molecule has 1 aromatic carbocycles. The molecule has 0 fully saturated rings. The number of carbonyl (C=O) groups excluding carboxylic acids is 1. The van der Waals surface area contributed by atoms with Crippen molar-refractivity contribution >= 4 is 51.5 Å². The summed E-state index contributed by atoms with van der Waals surface area (Å²) in [7, 11) is 1.67. The fourth-order valence-electron chi connectivity index (χ4n) is 3.84. The second-order valence-corrected chi connectivity index (χ2v) is 7.96. The zero-order valence-electron chi connectivity index (χ0n) is 15.1. The van der Waals surface area contributed by atoms with Crippen LogP contribution in [0.25, 0.3) is 16.7 Å². The van der Waals surface area contributed by atoms with Crippen molar-refractivity contribution in [3.8, 4) is 0 Å². The summed E-state index contributed by atoms with van der Waals surface area (Å²) in [4.78, 5) is 14.6. The van der Waals surface area contributed by atoms with E-state index >= 15 is 0 Å². The highest BCUT2D eigenvalue weighted by molar-refractivity contribution is 6.42. The van der Waals surface area contributed by atoms with E-state index in [4.69, 9.17) is 27.6 Å². The van der Waals surface area contributed by atoms with E-state index in [-0.39, 0.29) is 17.8 Å². The van der Waals surface area contributed by atoms with Crippen molar-refractivity contribution in [1.82, 2.24) is 4.90 Å². The van der Waals surface area contributed by atoms with Gasteiger partial charge in [-0.05, 0) is 29.8 Å². The first-order valence-electron chi connectivity index (χ1n) is 8.83. The van der Waals surface area contributed by atoms with Gasteiger partial charge in [-0.1, -0.05) is 36.2 Å². The Kier molecular flexibility index (Phi) is 3.77. The third-order valence-corrected chi connectivity index (χ3v) is 6.13. The van der Waals surface area contributed by atoms with Crippen LogP contribution in [0.1, 0.15) is 39.9 Å². The lowest BCUT2D eigenvalue weighted by atomic mass is 9.97. The number of fused-ring (bicyclic) bond motifs is 5. The Morgan fingerprint density at radius 1 is 1.25 bits per heavy atom. The second-order valence-electron chi connectivity index (χ2n) is 7.15. The molecule has 1 aliphatic heterocycles. The number of nitrogens with one attached hydrogen (secondary N) is 1. The van der Waals surface area contributed by atoms with Crippen LogP contribution in [0.5, 0.6) is 0 Å². The predicted molar refractivity (Wildman–Crippen MR) is 109 cm³/mol. The summed E-state index contributed by atoms with van der Waals surface area (Å²) in [5.74, 6) is -0.400. The van der Waals surface area contributed by atoms with Gasteiger partial charge >= 0.3 is 0 Å². The lowest BCUT2D eigenvalue weighted by Crippen LogP contribution is -2.19. The van der Waals surface area contributed by atoms with Crippen molar-refractivity contribution in [2.45, 2.75) is 12.8 Å². The second kappa shape index (κ2) is 6.00. The summed E-state index contributed by atoms with van der Waals surface area (Å²) in [6.45, 7) is 2.50. The topological polar surface area (TPSA) is 45.5 Å². The molecule has 1 amide bonds. The Bertz CT molecular complexity index is 1210. The number of furan rings is 2. The number of benzene rings is 2. The van der Waals surface area contributed by atoms with Crippen LogP contribution in [0, 0.1) is 0 Å². The van der Waals surface area contributed by atoms with Crippen molar-refractivity contribution in [2.24, 2.45) is 0 Å². The highest BCUT2D eigenvalue weighted by atomic mass is 35.5. The van der Waals surface area contributed by atoms with Crippen LogP contribution in [0.4, 0.5) is 10.1 Å². The number of hydrogen-bond donors (Lipinski definition) is 1. The number of carbonyl (C=O) groups is 1. The molecule has 5 rings (SSSR count). The molecule has 0 radical (unpaired) electrons. The molecule has 0 unspecified atom stereocenters. The fraction of sp³-hybridized carbons (Fsp3) is 0.190. The maximum absolute atomic E-state index is 14.2. The molecular weight excluding hydrogens is 402 g/mol. The van der Waals surface area contributed by atoms with Crippen LogP contribution in [0.2, 0.25) is 10.0 Å². The van der Waals surface area contributed by atoms with Crippen LogP contribution in [-0.4, -0.2) is 24.4 Å². The van der Waals surface area contributed by atoms with Gasteiger partial charge in [0.15, 0.2) is 5.95 Å². The molecule has 1 atom stereocenters. The largest absolute Gasteiger partial charge is 0.455 e. The van der Waals surface area contributed by atoms with Gasteiger partial charge in [0.1, 0.15) is 11.2 Å². The summed E-state index contributed by atoms with van der Waals surface area (Å²) in [5, 5.41) is 3.61. The molecule has 0 spiro atoms. The van der Waals surface area contributed by atoms with Crippen LogP contribution in [0.3, 0.4) is 0 Å². The van der Waals surface area contributed by atoms with E-state index in [2.05, 4.69) is 12.2 Å². The number of nitrogens with zero attached hydrogens (tertiary/aromatic N) is 1. The molecule has 2 bridgehead atoms. The lowest BCUT2D eigenvalue weighted by molar-refractivity contribution is 0.102. The quantitative estimate of drug-likeness (QED) is 0.529. The smallest absolute Gasteiger partial charge is 0.260 e. The first kappa shape index (κ1) is 17.6. The van der Waals surface area contributed by atoms with Gasteiger partial charge in [0.2, 0.25) is 0 Å². The normalized spacial score (nSPS) is 18.2. The monoisotopic (exact) mass is 416 g/mol. The molecule has 2 aliphatic rings. The molecule has 4 nitrogen and oxygen atoms in total. The third kappa shape index (κ3) is 2.46. The van der Waals surface area contributed by atoms with Gasteiger partial charge in [0.05, 0.1) is 15.6 Å². The average Bonchev–Trinajstić information content (AvgIpc) is 3.02. The maximum Gasteiger partial charge on any atom is 0.260 e. The number of amides is 1. The Morgan fingerprint density at radius 2 is 2.00 bits per heavy atom. The number of likely N-dealkylation sites (N-methyl/N-ethyl adjacent to an activating group) is 1. The zero-order chi connectivity index (χ0) is 19.7. The molecule has 1 aliphatic carbocycles. The predicted octanol–water partition coefficient (Wildman–Crippen LogP) is 6.03. The standard InChI is InChI=1S/C21H15Cl2FN2O2/c1-9-15-16(9)20-18(21(27)25-11-3-4-12(22)13(23)8-11)17(19(15)28-20)10-5-6-26(2)14(24)7-10/h3-5,7-9H,6H2,1-2H3,(H,25,27)/t9-/m1/s1. The van der Waals surface area contributed by atoms with Crippen molar-refractivity contribution in [3.05, 3.63) is 68.6 Å². The van der Waals surface area contributed by atoms with Gasteiger partial charge in [0, 0.05) is 41.9 Å². The Labute approximate surface area is 170 Å². The van der Waals surface area contributed by atoms with Gasteiger partial charge < -0.3 is 14.6 Å². The van der Waals surface area contributed by atoms with E-state index in [1.807, 2.05) is 6.08 Å². The van der Waals surface area contributed by atoms with Gasteiger partial charge in [0.25, 0.3) is 5.91 Å². The van der Waals surface area contributed by atoms with Crippen LogP contribution in [-0.2, 0) is 0 Å². The first-order valence-corrected chi connectivity index (χ1v) is 9.59. The summed E-state index contributed by atoms with van der Waals surface area (Å²) < 4.78 is 20.1. The van der Waals surface area contributed by atoms with Crippen molar-refractivity contribution in [1.29, 1.82) is 0 Å². The minimum Gasteiger partial charge on any atom is -0.455 e. The van der Waals surface area contributed by atoms with E-state index in [0.717, 1.165) is 11.1 Å². The Morgan fingerprint density at radius 3 is 2.71 bits per heavy atom. The van der Waals surface area contributed by atoms with Gasteiger partial charge in [-0.25, -0.2) is 0 Å². The minimum atomic E-state index is -0.347. The highest BCUT2D eigenvalue weighted by Gasteiger charge is 2.44. The van der Waals surface area contributed by atoms with E-state index in [1.165, 1.54) is 11.0 Å². The van der Waals surface area contributed by atoms with E-state index in [9.17, 15) is 9.18 Å². The van der Waals surface area contributed by atoms with E-state index in [0.29, 0.717) is 50.1 Å². The molecule has 0 saturated heterocycles. The Hall–Kier alpha value is -2.50. The van der Waals surface area contributed by atoms with Crippen molar-refractivity contribution < 1.29 is 13.6 Å². The van der Waals surface area contributed by atoms with Gasteiger partial charge in [-0.15, -0.1) is 0 Å². The van der Waals surface area contributed by atoms with Gasteiger partial charge in [-0.3, -0.25) is 4.79 Å². The molecule has 1 N–H and O–H groups in total. The molecule has 2 aromatic heterocycles. The van der Waals surface area contributed by atoms with E-state index in [1.54, 1.807) is 25.2 Å². The maximum atomic E-state index is 14.2. The first-order chi connectivity index (χ1) is 13.4. The molecule has 3 aromatic rings. The Balaban J connectivity index is 1.59. The average molecular weight is 417 g/mol. The van der Waals surface area contributed by atoms with Crippen LogP contribution in [0.15, 0.2) is 40.7 Å². The van der Waals surface area contributed by atoms with Crippen molar-refractivity contribution in [2.75, 3.05) is 18.9 Å². The highest BCUT2D eigenvalue weighted by Crippen LogP contribution is 2.57. The number of anilines is 1. The number of halogens is 3. The third-order valence-electron chi connectivity index (χ3n) is 5.39. The van der Waals surface area contributed by atoms with Crippen molar-refractivity contribution in [3.63, 3.8) is 0 Å². The lowest BCUT2D eigenvalue weighted by Gasteiger charge is -2.20. The summed E-state index contributed by atoms with van der Waals surface area (Å²) in [6, 6.07) is 4.89. The number of allylic oxidation sites excluding steroid dienone is 2. The summed E-state index contributed by atoms with van der Waals surface area (Å²) in [5.41, 5.74) is 5.71. The molecule has 142 valence electrons. The van der Waals surface area contributed by atoms with Crippen LogP contribution >= 0.6 is 23.2 Å². The molecule has 3 heterocycles. The number of rotatable bonds is 3. The fourth-order valence-corrected chi connectivity index (χ4v) is 4.14. The number of hydrogen-bond acceptors (Lipinski definition) is 3. The minimum absolute atomic E-state index is 0.268. The summed E-state index contributed by atoms with van der Waals surface area (Å²) in [6.07, 6.45) is 3.34. The van der Waals surface area contributed by atoms with Gasteiger partial charge in [-0.2, -0.15) is 4.39 Å². The molecule has 7 heteroatoms. The van der Waals surface area contributed by atoms with E-state index < -0.39 is 0 Å². The molecular formula is C21H15Cl2FN2O2. The summed E-state index contributed by atoms with van der Waals surface area (Å²) >= 11 is 12.0. The van der Waals surface area contributed by atoms with Crippen LogP contribution < -0.4 is 5.32 Å². The molecule has 0 saturated carbocycles. The SMILES string of the molecule is C[C@H]1c2c1c1oc2c(C(=O)Nc2ccc(Cl)c(Cl)c2)c1C1=CCN(C)C(F)=C1.